The van der Waals surface area contributed by atoms with Gasteiger partial charge in [-0.2, -0.15) is 13.2 Å². The first kappa shape index (κ1) is 29.3. The summed E-state index contributed by atoms with van der Waals surface area (Å²) in [5, 5.41) is 12.5. The SMILES string of the molecule is C[C@@H](CN1CCC(n2c(=O)[nH]c3cc(Br)ccc32)CC1)NC(=O)c1ccc2ccccc2c1.O=C(O)C(F)(F)F. The summed E-state index contributed by atoms with van der Waals surface area (Å²) in [5.41, 5.74) is 2.46. The molecular weight excluding hydrogens is 593 g/mol. The Morgan fingerprint density at radius 1 is 1.07 bits per heavy atom. The molecule has 1 saturated heterocycles. The second-order valence-corrected chi connectivity index (χ2v) is 10.6. The van der Waals surface area contributed by atoms with Crippen molar-refractivity contribution in [3.05, 3.63) is 81.2 Å². The minimum atomic E-state index is -5.08. The minimum Gasteiger partial charge on any atom is -0.475 e. The van der Waals surface area contributed by atoms with Crippen LogP contribution in [0.4, 0.5) is 13.2 Å². The topological polar surface area (TPSA) is 107 Å². The maximum Gasteiger partial charge on any atom is 0.490 e. The molecule has 12 heteroatoms. The predicted molar refractivity (Wildman–Crippen MR) is 150 cm³/mol. The number of likely N-dealkylation sites (tertiary alicyclic amines) is 1. The summed E-state index contributed by atoms with van der Waals surface area (Å²) >= 11 is 3.47. The van der Waals surface area contributed by atoms with Crippen LogP contribution >= 0.6 is 15.9 Å². The van der Waals surface area contributed by atoms with Crippen molar-refractivity contribution in [3.63, 3.8) is 0 Å². The summed E-state index contributed by atoms with van der Waals surface area (Å²) in [7, 11) is 0. The Hall–Kier alpha value is -3.64. The lowest BCUT2D eigenvalue weighted by atomic mass is 10.0. The number of carbonyl (C=O) groups excluding carboxylic acids is 1. The quantitative estimate of drug-likeness (QED) is 0.279. The predicted octanol–water partition coefficient (Wildman–Crippen LogP) is 5.33. The van der Waals surface area contributed by atoms with Crippen LogP contribution in [0.2, 0.25) is 0 Å². The summed E-state index contributed by atoms with van der Waals surface area (Å²) < 4.78 is 34.6. The lowest BCUT2D eigenvalue weighted by Gasteiger charge is -2.34. The summed E-state index contributed by atoms with van der Waals surface area (Å²) in [6.07, 6.45) is -3.26. The molecule has 8 nitrogen and oxygen atoms in total. The fraction of sp³-hybridized carbons (Fsp3) is 0.321. The Kier molecular flexibility index (Phi) is 8.99. The van der Waals surface area contributed by atoms with Gasteiger partial charge in [-0.3, -0.25) is 9.36 Å². The number of rotatable bonds is 5. The molecule has 1 aromatic heterocycles. The second kappa shape index (κ2) is 12.3. The van der Waals surface area contributed by atoms with Gasteiger partial charge >= 0.3 is 17.8 Å². The summed E-state index contributed by atoms with van der Waals surface area (Å²) in [5.74, 6) is -2.80. The first-order chi connectivity index (χ1) is 18.9. The number of carboxylic acids is 1. The number of benzene rings is 3. The maximum atomic E-state index is 12.8. The number of aromatic nitrogens is 2. The highest BCUT2D eigenvalue weighted by Crippen LogP contribution is 2.26. The zero-order valence-corrected chi connectivity index (χ0v) is 23.1. The van der Waals surface area contributed by atoms with Crippen LogP contribution in [0.5, 0.6) is 0 Å². The number of imidazole rings is 1. The Bertz CT molecular complexity index is 1580. The summed E-state index contributed by atoms with van der Waals surface area (Å²) in [6, 6.07) is 20.0. The van der Waals surface area contributed by atoms with Crippen LogP contribution < -0.4 is 11.0 Å². The zero-order valence-electron chi connectivity index (χ0n) is 21.5. The molecule has 0 unspecified atom stereocenters. The molecule has 1 atom stereocenters. The molecule has 0 saturated carbocycles. The molecule has 1 fully saturated rings. The van der Waals surface area contributed by atoms with Gasteiger partial charge in [0.1, 0.15) is 0 Å². The van der Waals surface area contributed by atoms with E-state index in [-0.39, 0.29) is 23.7 Å². The van der Waals surface area contributed by atoms with Crippen molar-refractivity contribution in [2.24, 2.45) is 0 Å². The number of alkyl halides is 3. The molecule has 212 valence electrons. The molecule has 3 N–H and O–H groups in total. The van der Waals surface area contributed by atoms with Gasteiger partial charge in [-0.1, -0.05) is 46.3 Å². The minimum absolute atomic E-state index is 0.0358. The van der Waals surface area contributed by atoms with Crippen LogP contribution in [0.15, 0.2) is 69.9 Å². The van der Waals surface area contributed by atoms with E-state index < -0.39 is 12.1 Å². The lowest BCUT2D eigenvalue weighted by molar-refractivity contribution is -0.192. The highest BCUT2D eigenvalue weighted by Gasteiger charge is 2.38. The Morgan fingerprint density at radius 3 is 2.38 bits per heavy atom. The molecule has 0 radical (unpaired) electrons. The average Bonchev–Trinajstić information content (AvgIpc) is 3.23. The summed E-state index contributed by atoms with van der Waals surface area (Å²) in [4.78, 5) is 39.6. The van der Waals surface area contributed by atoms with Crippen molar-refractivity contribution in [2.75, 3.05) is 19.6 Å². The first-order valence-corrected chi connectivity index (χ1v) is 13.4. The van der Waals surface area contributed by atoms with Gasteiger partial charge in [0.15, 0.2) is 0 Å². The number of hydrogen-bond acceptors (Lipinski definition) is 4. The molecule has 2 heterocycles. The third kappa shape index (κ3) is 7.11. The van der Waals surface area contributed by atoms with E-state index in [0.29, 0.717) is 5.56 Å². The van der Waals surface area contributed by atoms with Crippen molar-refractivity contribution in [1.82, 2.24) is 19.8 Å². The number of halogens is 4. The summed E-state index contributed by atoms with van der Waals surface area (Å²) in [6.45, 7) is 4.64. The van der Waals surface area contributed by atoms with Gasteiger partial charge in [-0.15, -0.1) is 0 Å². The number of nitrogens with zero attached hydrogens (tertiary/aromatic N) is 2. The third-order valence-electron chi connectivity index (χ3n) is 6.76. The maximum absolute atomic E-state index is 12.8. The number of piperidine rings is 1. The van der Waals surface area contributed by atoms with Gasteiger partial charge < -0.3 is 20.3 Å². The highest BCUT2D eigenvalue weighted by molar-refractivity contribution is 9.10. The van der Waals surface area contributed by atoms with Gasteiger partial charge in [0.25, 0.3) is 5.91 Å². The molecule has 5 rings (SSSR count). The fourth-order valence-electron chi connectivity index (χ4n) is 4.90. The molecule has 0 bridgehead atoms. The Labute approximate surface area is 235 Å². The Balaban J connectivity index is 0.000000470. The van der Waals surface area contributed by atoms with Gasteiger partial charge in [0.2, 0.25) is 0 Å². The molecule has 1 aliphatic heterocycles. The van der Waals surface area contributed by atoms with Crippen molar-refractivity contribution in [1.29, 1.82) is 0 Å². The number of amides is 1. The molecule has 1 aliphatic rings. The third-order valence-corrected chi connectivity index (χ3v) is 7.26. The number of carboxylic acid groups (broad SMARTS) is 1. The van der Waals surface area contributed by atoms with Crippen LogP contribution in [-0.2, 0) is 4.79 Å². The van der Waals surface area contributed by atoms with Gasteiger partial charge in [-0.05, 0) is 60.9 Å². The smallest absolute Gasteiger partial charge is 0.475 e. The molecular formula is C28H28BrF3N4O4. The van der Waals surface area contributed by atoms with E-state index in [1.54, 1.807) is 0 Å². The van der Waals surface area contributed by atoms with Crippen LogP contribution in [0.25, 0.3) is 21.8 Å². The van der Waals surface area contributed by atoms with Gasteiger partial charge in [0, 0.05) is 41.8 Å². The van der Waals surface area contributed by atoms with Crippen LogP contribution in [0.1, 0.15) is 36.2 Å². The van der Waals surface area contributed by atoms with E-state index in [0.717, 1.165) is 58.8 Å². The van der Waals surface area contributed by atoms with Gasteiger partial charge in [-0.25, -0.2) is 9.59 Å². The monoisotopic (exact) mass is 620 g/mol. The molecule has 4 aromatic rings. The number of carbonyl (C=O) groups is 2. The lowest BCUT2D eigenvalue weighted by Crippen LogP contribution is -2.45. The second-order valence-electron chi connectivity index (χ2n) is 9.73. The van der Waals surface area contributed by atoms with Crippen LogP contribution in [0.3, 0.4) is 0 Å². The van der Waals surface area contributed by atoms with Crippen molar-refractivity contribution in [3.8, 4) is 0 Å². The molecule has 0 aliphatic carbocycles. The molecule has 3 aromatic carbocycles. The Morgan fingerprint density at radius 2 is 1.73 bits per heavy atom. The van der Waals surface area contributed by atoms with E-state index in [2.05, 4.69) is 31.1 Å². The number of aromatic amines is 1. The zero-order chi connectivity index (χ0) is 29.0. The van der Waals surface area contributed by atoms with E-state index in [1.165, 1.54) is 0 Å². The number of hydrogen-bond donors (Lipinski definition) is 3. The highest BCUT2D eigenvalue weighted by atomic mass is 79.9. The average molecular weight is 621 g/mol. The van der Waals surface area contributed by atoms with E-state index in [4.69, 9.17) is 9.90 Å². The van der Waals surface area contributed by atoms with Crippen molar-refractivity contribution < 1.29 is 27.9 Å². The number of H-pyrrole nitrogens is 1. The largest absolute Gasteiger partial charge is 0.490 e. The van der Waals surface area contributed by atoms with Crippen molar-refractivity contribution in [2.45, 2.75) is 38.0 Å². The first-order valence-electron chi connectivity index (χ1n) is 12.6. The standard InChI is InChI=1S/C26H27BrN4O2.C2HF3O2/c1-17(28-25(32)20-7-6-18-4-2-3-5-19(18)14-20)16-30-12-10-22(11-13-30)31-24-9-8-21(27)15-23(24)29-26(31)33;3-2(4,5)1(6)7/h2-9,14-15,17,22H,10-13,16H2,1H3,(H,28,32)(H,29,33);(H,6,7)/t17-;/m0./s1. The number of nitrogens with one attached hydrogen (secondary N) is 2. The normalized spacial score (nSPS) is 15.4. The molecule has 1 amide bonds. The van der Waals surface area contributed by atoms with Crippen molar-refractivity contribution >= 4 is 49.6 Å². The van der Waals surface area contributed by atoms with Crippen LogP contribution in [-0.4, -0.2) is 63.3 Å². The van der Waals surface area contributed by atoms with E-state index in [1.807, 2.05) is 72.2 Å². The van der Waals surface area contributed by atoms with E-state index >= 15 is 0 Å². The van der Waals surface area contributed by atoms with E-state index in [9.17, 15) is 22.8 Å². The number of aliphatic carboxylic acids is 1. The van der Waals surface area contributed by atoms with Gasteiger partial charge in [0.05, 0.1) is 11.0 Å². The molecule has 40 heavy (non-hydrogen) atoms. The van der Waals surface area contributed by atoms with Crippen LogP contribution in [0, 0.1) is 0 Å². The fourth-order valence-corrected chi connectivity index (χ4v) is 5.26. The number of fused-ring (bicyclic) bond motifs is 2. The molecule has 0 spiro atoms.